The third kappa shape index (κ3) is 3.39. The maximum atomic E-state index is 12.9. The molecule has 0 N–H and O–H groups in total. The number of ether oxygens (including phenoxy) is 1. The normalized spacial score (nSPS) is 12.3. The molecule has 0 aliphatic rings. The van der Waals surface area contributed by atoms with Crippen molar-refractivity contribution in [3.63, 3.8) is 0 Å². The number of pyridine rings is 1. The van der Waals surface area contributed by atoms with E-state index >= 15 is 0 Å². The second-order valence-corrected chi connectivity index (χ2v) is 3.66. The Morgan fingerprint density at radius 1 is 1.26 bits per heavy atom. The van der Waals surface area contributed by atoms with E-state index < -0.39 is 23.4 Å². The zero-order valence-electron chi connectivity index (χ0n) is 9.80. The molecule has 0 unspecified atom stereocenters. The molecule has 3 nitrogen and oxygen atoms in total. The molecule has 1 heterocycles. The highest BCUT2D eigenvalue weighted by atomic mass is 19.4. The molecule has 0 aliphatic carbocycles. The summed E-state index contributed by atoms with van der Waals surface area (Å²) in [4.78, 5) is 14.6. The molecule has 0 aliphatic heterocycles. The lowest BCUT2D eigenvalue weighted by Gasteiger charge is -2.18. The lowest BCUT2D eigenvalue weighted by Crippen LogP contribution is -2.44. The van der Waals surface area contributed by atoms with Gasteiger partial charge in [0.25, 0.3) is 0 Å². The van der Waals surface area contributed by atoms with Crippen molar-refractivity contribution in [1.82, 2.24) is 4.98 Å². The summed E-state index contributed by atoms with van der Waals surface area (Å²) in [6.07, 6.45) is -3.57. The van der Waals surface area contributed by atoms with Crippen LogP contribution in [0.2, 0.25) is 0 Å². The molecule has 0 spiro atoms. The fourth-order valence-corrected chi connectivity index (χ4v) is 1.15. The number of ketones is 1. The first-order valence-corrected chi connectivity index (χ1v) is 5.27. The minimum Gasteiger partial charge on any atom is -0.492 e. The van der Waals surface area contributed by atoms with Gasteiger partial charge in [0, 0.05) is 11.8 Å². The van der Waals surface area contributed by atoms with Crippen molar-refractivity contribution in [2.24, 2.45) is 0 Å². The van der Waals surface area contributed by atoms with Crippen LogP contribution in [0.25, 0.3) is 0 Å². The molecule has 19 heavy (non-hydrogen) atoms. The molecular formula is C11H10F5NO2. The van der Waals surface area contributed by atoms with Crippen molar-refractivity contribution in [1.29, 1.82) is 0 Å². The largest absolute Gasteiger partial charge is 0.492 e. The van der Waals surface area contributed by atoms with Gasteiger partial charge < -0.3 is 4.74 Å². The number of carbonyl (C=O) groups excluding carboxylic acids is 1. The van der Waals surface area contributed by atoms with Gasteiger partial charge in [-0.25, -0.2) is 0 Å². The van der Waals surface area contributed by atoms with Crippen molar-refractivity contribution >= 4 is 5.78 Å². The average molecular weight is 283 g/mol. The van der Waals surface area contributed by atoms with Gasteiger partial charge in [0.05, 0.1) is 12.8 Å². The highest BCUT2D eigenvalue weighted by Crippen LogP contribution is 2.38. The molecule has 0 amide bonds. The highest BCUT2D eigenvalue weighted by Gasteiger charge is 2.63. The van der Waals surface area contributed by atoms with Gasteiger partial charge in [0.1, 0.15) is 5.75 Å². The van der Waals surface area contributed by atoms with Gasteiger partial charge in [-0.1, -0.05) is 6.92 Å². The fraction of sp³-hybridized carbons (Fsp3) is 0.455. The van der Waals surface area contributed by atoms with Crippen LogP contribution in [0.4, 0.5) is 22.0 Å². The maximum absolute atomic E-state index is 12.9. The number of aromatic nitrogens is 1. The number of nitrogens with zero attached hydrogens (tertiary/aromatic N) is 1. The van der Waals surface area contributed by atoms with Gasteiger partial charge in [-0.05, 0) is 12.5 Å². The molecule has 0 atom stereocenters. The molecule has 0 saturated carbocycles. The van der Waals surface area contributed by atoms with Gasteiger partial charge in [-0.2, -0.15) is 22.0 Å². The number of halogens is 5. The topological polar surface area (TPSA) is 39.2 Å². The maximum Gasteiger partial charge on any atom is 0.461 e. The number of alkyl halides is 5. The van der Waals surface area contributed by atoms with Gasteiger partial charge >= 0.3 is 12.1 Å². The molecule has 1 aromatic rings. The zero-order valence-corrected chi connectivity index (χ0v) is 9.80. The van der Waals surface area contributed by atoms with Crippen molar-refractivity contribution in [2.45, 2.75) is 25.4 Å². The lowest BCUT2D eigenvalue weighted by atomic mass is 10.1. The van der Waals surface area contributed by atoms with Crippen LogP contribution in [0, 0.1) is 0 Å². The SMILES string of the molecule is CCCOc1cncc(C(=O)C(F)(F)C(F)(F)F)c1. The van der Waals surface area contributed by atoms with Gasteiger partial charge in [-0.3, -0.25) is 9.78 Å². The zero-order chi connectivity index (χ0) is 14.7. The Labute approximate surface area is 105 Å². The second-order valence-electron chi connectivity index (χ2n) is 3.66. The van der Waals surface area contributed by atoms with Crippen molar-refractivity contribution < 1.29 is 31.5 Å². The van der Waals surface area contributed by atoms with Crippen LogP contribution in [0.1, 0.15) is 23.7 Å². The van der Waals surface area contributed by atoms with E-state index in [1.54, 1.807) is 6.92 Å². The Morgan fingerprint density at radius 2 is 1.89 bits per heavy atom. The first-order chi connectivity index (χ1) is 8.70. The molecule has 0 bridgehead atoms. The molecule has 0 saturated heterocycles. The Balaban J connectivity index is 3.00. The van der Waals surface area contributed by atoms with Gasteiger partial charge in [-0.15, -0.1) is 0 Å². The van der Waals surface area contributed by atoms with Gasteiger partial charge in [0.15, 0.2) is 0 Å². The van der Waals surface area contributed by atoms with Crippen molar-refractivity contribution in [3.8, 4) is 5.75 Å². The molecule has 8 heteroatoms. The summed E-state index contributed by atoms with van der Waals surface area (Å²) in [7, 11) is 0. The molecule has 0 fully saturated rings. The number of rotatable bonds is 5. The number of hydrogen-bond donors (Lipinski definition) is 0. The molecule has 0 aromatic carbocycles. The summed E-state index contributed by atoms with van der Waals surface area (Å²) in [6, 6.07) is 0.810. The van der Waals surface area contributed by atoms with E-state index in [9.17, 15) is 26.7 Å². The predicted octanol–water partition coefficient (Wildman–Crippen LogP) is 3.25. The van der Waals surface area contributed by atoms with Crippen molar-refractivity contribution in [3.05, 3.63) is 24.0 Å². The van der Waals surface area contributed by atoms with Crippen LogP contribution in [0.3, 0.4) is 0 Å². The molecule has 0 radical (unpaired) electrons. The smallest absolute Gasteiger partial charge is 0.461 e. The van der Waals surface area contributed by atoms with Crippen LogP contribution in [0.5, 0.6) is 5.75 Å². The predicted molar refractivity (Wildman–Crippen MR) is 55.4 cm³/mol. The first-order valence-electron chi connectivity index (χ1n) is 5.27. The van der Waals surface area contributed by atoms with E-state index in [4.69, 9.17) is 4.74 Å². The summed E-state index contributed by atoms with van der Waals surface area (Å²) < 4.78 is 66.9. The molecule has 1 rings (SSSR count). The van der Waals surface area contributed by atoms with Crippen molar-refractivity contribution in [2.75, 3.05) is 6.61 Å². The quantitative estimate of drug-likeness (QED) is 0.615. The summed E-state index contributed by atoms with van der Waals surface area (Å²) in [5.41, 5.74) is -0.851. The van der Waals surface area contributed by atoms with Crippen LogP contribution in [0.15, 0.2) is 18.5 Å². The Bertz CT molecular complexity index is 459. The standard InChI is InChI=1S/C11H10F5NO2/c1-2-3-19-8-4-7(5-17-6-8)9(18)10(12,13)11(14,15)16/h4-6H,2-3H2,1H3. The van der Waals surface area contributed by atoms with Crippen LogP contribution in [-0.4, -0.2) is 29.5 Å². The number of hydrogen-bond acceptors (Lipinski definition) is 3. The highest BCUT2D eigenvalue weighted by molar-refractivity contribution is 6.01. The summed E-state index contributed by atoms with van der Waals surface area (Å²) >= 11 is 0. The summed E-state index contributed by atoms with van der Waals surface area (Å²) in [6.45, 7) is 2.01. The minimum atomic E-state index is -5.94. The van der Waals surface area contributed by atoms with E-state index in [0.717, 1.165) is 12.3 Å². The Morgan fingerprint density at radius 3 is 2.42 bits per heavy atom. The third-order valence-corrected chi connectivity index (χ3v) is 2.09. The minimum absolute atomic E-state index is 0.0364. The Kier molecular flexibility index (Phi) is 4.43. The van der Waals surface area contributed by atoms with E-state index in [2.05, 4.69) is 4.98 Å². The fourth-order valence-electron chi connectivity index (χ4n) is 1.15. The number of carbonyl (C=O) groups is 1. The first kappa shape index (κ1) is 15.3. The second kappa shape index (κ2) is 5.50. The monoisotopic (exact) mass is 283 g/mol. The average Bonchev–Trinajstić information content (AvgIpc) is 2.34. The molecular weight excluding hydrogens is 273 g/mol. The van der Waals surface area contributed by atoms with Gasteiger partial charge in [0.2, 0.25) is 5.78 Å². The van der Waals surface area contributed by atoms with E-state index in [1.165, 1.54) is 0 Å². The van der Waals surface area contributed by atoms with Crippen LogP contribution >= 0.6 is 0 Å². The number of Topliss-reactive ketones (excluding diaryl/α,β-unsaturated/α-hetero) is 1. The summed E-state index contributed by atoms with van der Waals surface area (Å²) in [5.74, 6) is -7.84. The molecule has 106 valence electrons. The molecule has 1 aromatic heterocycles. The van der Waals surface area contributed by atoms with Crippen LogP contribution in [-0.2, 0) is 0 Å². The summed E-state index contributed by atoms with van der Waals surface area (Å²) in [5, 5.41) is 0. The van der Waals surface area contributed by atoms with Crippen LogP contribution < -0.4 is 4.74 Å². The lowest BCUT2D eigenvalue weighted by molar-refractivity contribution is -0.255. The third-order valence-electron chi connectivity index (χ3n) is 2.09. The van der Waals surface area contributed by atoms with E-state index in [0.29, 0.717) is 12.6 Å². The van der Waals surface area contributed by atoms with E-state index in [1.807, 2.05) is 0 Å². The Hall–Kier alpha value is -1.73. The van der Waals surface area contributed by atoms with E-state index in [-0.39, 0.29) is 12.4 Å².